The maximum atomic E-state index is 12.7. The molecule has 1 aromatic rings. The number of fused-ring (bicyclic) bond motifs is 1. The van der Waals surface area contributed by atoms with E-state index >= 15 is 0 Å². The number of carbonyl (C=O) groups is 1. The maximum absolute atomic E-state index is 12.7. The van der Waals surface area contributed by atoms with Gasteiger partial charge in [-0.2, -0.15) is 0 Å². The van der Waals surface area contributed by atoms with Crippen molar-refractivity contribution in [1.29, 1.82) is 0 Å². The second-order valence-corrected chi connectivity index (χ2v) is 4.92. The van der Waals surface area contributed by atoms with Crippen molar-refractivity contribution in [2.24, 2.45) is 17.8 Å². The summed E-state index contributed by atoms with van der Waals surface area (Å²) < 4.78 is 12.7. The highest BCUT2D eigenvalue weighted by atomic mass is 19.1. The molecule has 0 bridgehead atoms. The number of hydrogen-bond donors (Lipinski definition) is 1. The van der Waals surface area contributed by atoms with E-state index in [2.05, 4.69) is 5.32 Å². The molecule has 0 aromatic heterocycles. The zero-order valence-corrected chi connectivity index (χ0v) is 8.95. The lowest BCUT2D eigenvalue weighted by molar-refractivity contribution is -0.120. The van der Waals surface area contributed by atoms with E-state index in [0.717, 1.165) is 24.7 Å². The molecule has 16 heavy (non-hydrogen) atoms. The maximum Gasteiger partial charge on any atom is 0.227 e. The Hall–Kier alpha value is -1.38. The van der Waals surface area contributed by atoms with Crippen LogP contribution in [0.25, 0.3) is 0 Å². The molecular weight excluding hydrogens is 205 g/mol. The van der Waals surface area contributed by atoms with Gasteiger partial charge in [0.25, 0.3) is 0 Å². The molecule has 2 atom stereocenters. The van der Waals surface area contributed by atoms with Gasteiger partial charge in [-0.25, -0.2) is 4.39 Å². The number of benzene rings is 1. The predicted molar refractivity (Wildman–Crippen MR) is 59.4 cm³/mol. The first-order valence-electron chi connectivity index (χ1n) is 5.79. The third kappa shape index (κ3) is 1.82. The summed E-state index contributed by atoms with van der Waals surface area (Å²) in [4.78, 5) is 11.9. The second-order valence-electron chi connectivity index (χ2n) is 4.92. The first-order valence-corrected chi connectivity index (χ1v) is 5.79. The number of anilines is 1. The second kappa shape index (κ2) is 3.58. The molecule has 2 saturated carbocycles. The fourth-order valence-electron chi connectivity index (χ4n) is 2.71. The Bertz CT molecular complexity index is 404. The number of amides is 1. The Kier molecular flexibility index (Phi) is 2.20. The molecule has 3 heteroatoms. The van der Waals surface area contributed by atoms with Gasteiger partial charge in [0.2, 0.25) is 5.91 Å². The van der Waals surface area contributed by atoms with Crippen molar-refractivity contribution in [2.45, 2.75) is 19.3 Å². The van der Waals surface area contributed by atoms with Crippen LogP contribution in [0.3, 0.4) is 0 Å². The number of hydrogen-bond acceptors (Lipinski definition) is 1. The molecule has 3 rings (SSSR count). The number of rotatable bonds is 2. The van der Waals surface area contributed by atoms with Crippen LogP contribution in [0.2, 0.25) is 0 Å². The van der Waals surface area contributed by atoms with Gasteiger partial charge in [0.15, 0.2) is 0 Å². The van der Waals surface area contributed by atoms with Gasteiger partial charge in [0, 0.05) is 11.6 Å². The lowest BCUT2D eigenvalue weighted by atomic mass is 10.0. The lowest BCUT2D eigenvalue weighted by Gasteiger charge is -2.12. The first-order chi connectivity index (χ1) is 7.72. The fraction of sp³-hybridized carbons (Fsp3) is 0.462. The van der Waals surface area contributed by atoms with Gasteiger partial charge in [0.05, 0.1) is 0 Å². The smallest absolute Gasteiger partial charge is 0.227 e. The lowest BCUT2D eigenvalue weighted by Crippen LogP contribution is -2.21. The van der Waals surface area contributed by atoms with E-state index < -0.39 is 0 Å². The minimum Gasteiger partial charge on any atom is -0.326 e. The highest BCUT2D eigenvalue weighted by Crippen LogP contribution is 2.54. The quantitative estimate of drug-likeness (QED) is 0.814. The molecule has 0 radical (unpaired) electrons. The van der Waals surface area contributed by atoms with Gasteiger partial charge >= 0.3 is 0 Å². The summed E-state index contributed by atoms with van der Waals surface area (Å²) in [6.45, 7) is 0. The summed E-state index contributed by atoms with van der Waals surface area (Å²) in [5.41, 5.74) is 0.687. The summed E-state index contributed by atoms with van der Waals surface area (Å²) >= 11 is 0. The van der Waals surface area contributed by atoms with Crippen molar-refractivity contribution in [1.82, 2.24) is 0 Å². The Morgan fingerprint density at radius 2 is 1.75 bits per heavy atom. The van der Waals surface area contributed by atoms with E-state index in [4.69, 9.17) is 0 Å². The molecule has 2 aliphatic rings. The molecule has 1 N–H and O–H groups in total. The van der Waals surface area contributed by atoms with Crippen molar-refractivity contribution in [3.05, 3.63) is 30.1 Å². The molecule has 0 heterocycles. The molecule has 1 aromatic carbocycles. The number of nitrogens with one attached hydrogen (secondary N) is 1. The summed E-state index contributed by atoms with van der Waals surface area (Å²) in [6.07, 6.45) is 3.40. The third-order valence-corrected chi connectivity index (χ3v) is 3.73. The van der Waals surface area contributed by atoms with Crippen molar-refractivity contribution < 1.29 is 9.18 Å². The Morgan fingerprint density at radius 3 is 2.38 bits per heavy atom. The van der Waals surface area contributed by atoms with E-state index in [9.17, 15) is 9.18 Å². The molecular formula is C13H14FNO. The normalized spacial score (nSPS) is 30.9. The van der Waals surface area contributed by atoms with Crippen LogP contribution in [0.5, 0.6) is 0 Å². The van der Waals surface area contributed by atoms with Crippen LogP contribution in [-0.4, -0.2) is 5.91 Å². The molecule has 0 aliphatic heterocycles. The minimum absolute atomic E-state index is 0.0961. The molecule has 84 valence electrons. The number of carbonyl (C=O) groups excluding carboxylic acids is 1. The molecule has 2 aliphatic carbocycles. The third-order valence-electron chi connectivity index (χ3n) is 3.73. The fourth-order valence-corrected chi connectivity index (χ4v) is 2.71. The van der Waals surface area contributed by atoms with Crippen molar-refractivity contribution >= 4 is 11.6 Å². The topological polar surface area (TPSA) is 29.1 Å². The average molecular weight is 219 g/mol. The largest absolute Gasteiger partial charge is 0.326 e. The number of halogens is 1. The van der Waals surface area contributed by atoms with E-state index in [0.29, 0.717) is 5.69 Å². The monoisotopic (exact) mass is 219 g/mol. The van der Waals surface area contributed by atoms with E-state index in [-0.39, 0.29) is 17.6 Å². The summed E-state index contributed by atoms with van der Waals surface area (Å²) in [6, 6.07) is 5.93. The molecule has 2 unspecified atom stereocenters. The Labute approximate surface area is 93.9 Å². The Balaban J connectivity index is 1.61. The van der Waals surface area contributed by atoms with Crippen molar-refractivity contribution in [3.8, 4) is 0 Å². The van der Waals surface area contributed by atoms with Crippen LogP contribution in [0.1, 0.15) is 19.3 Å². The average Bonchev–Trinajstić information content (AvgIpc) is 2.89. The van der Waals surface area contributed by atoms with Crippen LogP contribution >= 0.6 is 0 Å². The zero-order valence-electron chi connectivity index (χ0n) is 8.95. The molecule has 2 nitrogen and oxygen atoms in total. The SMILES string of the molecule is O=C(Nc1ccc(F)cc1)C1CC2CC2C1. The summed E-state index contributed by atoms with van der Waals surface area (Å²) in [5, 5.41) is 2.85. The van der Waals surface area contributed by atoms with Crippen molar-refractivity contribution in [2.75, 3.05) is 5.32 Å². The van der Waals surface area contributed by atoms with Gasteiger partial charge in [0.1, 0.15) is 5.82 Å². The van der Waals surface area contributed by atoms with E-state index in [1.165, 1.54) is 18.6 Å². The van der Waals surface area contributed by atoms with Crippen LogP contribution in [0.4, 0.5) is 10.1 Å². The van der Waals surface area contributed by atoms with Crippen LogP contribution in [0, 0.1) is 23.6 Å². The molecule has 0 saturated heterocycles. The summed E-state index contributed by atoms with van der Waals surface area (Å²) in [5.74, 6) is 1.61. The van der Waals surface area contributed by atoms with Gasteiger partial charge in [-0.15, -0.1) is 0 Å². The first kappa shape index (κ1) is 9.82. The molecule has 2 fully saturated rings. The zero-order chi connectivity index (χ0) is 11.1. The molecule has 1 amide bonds. The van der Waals surface area contributed by atoms with E-state index in [1.807, 2.05) is 0 Å². The van der Waals surface area contributed by atoms with E-state index in [1.54, 1.807) is 12.1 Å². The van der Waals surface area contributed by atoms with Gasteiger partial charge in [-0.1, -0.05) is 0 Å². The minimum atomic E-state index is -0.278. The predicted octanol–water partition coefficient (Wildman–Crippen LogP) is 2.81. The molecule has 0 spiro atoms. The van der Waals surface area contributed by atoms with Gasteiger partial charge in [-0.05, 0) is 55.4 Å². The Morgan fingerprint density at radius 1 is 1.12 bits per heavy atom. The van der Waals surface area contributed by atoms with Crippen LogP contribution in [0.15, 0.2) is 24.3 Å². The van der Waals surface area contributed by atoms with Gasteiger partial charge in [-0.3, -0.25) is 4.79 Å². The summed E-state index contributed by atoms with van der Waals surface area (Å²) in [7, 11) is 0. The highest BCUT2D eigenvalue weighted by molar-refractivity contribution is 5.92. The van der Waals surface area contributed by atoms with Crippen molar-refractivity contribution in [3.63, 3.8) is 0 Å². The van der Waals surface area contributed by atoms with Crippen LogP contribution in [-0.2, 0) is 4.79 Å². The highest BCUT2D eigenvalue weighted by Gasteiger charge is 2.47. The standard InChI is InChI=1S/C13H14FNO/c14-11-1-3-12(4-2-11)15-13(16)10-6-8-5-9(8)7-10/h1-4,8-10H,5-7H2,(H,15,16). The van der Waals surface area contributed by atoms with Crippen LogP contribution < -0.4 is 5.32 Å². The van der Waals surface area contributed by atoms with Gasteiger partial charge < -0.3 is 5.32 Å².